The molecular formula is C8F12. The molecule has 0 nitrogen and oxygen atoms in total. The van der Waals surface area contributed by atoms with E-state index in [0.29, 0.717) is 0 Å². The molecule has 0 amide bonds. The van der Waals surface area contributed by atoms with E-state index < -0.39 is 47.0 Å². The number of hydrogen-bond acceptors (Lipinski definition) is 0. The van der Waals surface area contributed by atoms with Crippen LogP contribution >= 0.6 is 0 Å². The zero-order chi connectivity index (χ0) is 16.3. The molecule has 0 fully saturated rings. The Bertz CT molecular complexity index is 406. The van der Waals surface area contributed by atoms with Gasteiger partial charge in [-0.3, -0.25) is 0 Å². The smallest absolute Gasteiger partial charge is 0.202 e. The Labute approximate surface area is 101 Å². The summed E-state index contributed by atoms with van der Waals surface area (Å²) in [5.74, 6) is -30.5. The van der Waals surface area contributed by atoms with Gasteiger partial charge >= 0.3 is 23.7 Å². The first-order valence-electron chi connectivity index (χ1n) is 4.27. The Morgan fingerprint density at radius 2 is 0.450 bits per heavy atom. The van der Waals surface area contributed by atoms with Gasteiger partial charge in [0.2, 0.25) is 23.3 Å². The van der Waals surface area contributed by atoms with Crippen molar-refractivity contribution in [3.8, 4) is 0 Å². The molecule has 0 aromatic rings. The normalized spacial score (nSPS) is 28.2. The average Bonchev–Trinajstić information content (AvgIpc) is 2.35. The number of hydrogen-bond donors (Lipinski definition) is 0. The van der Waals surface area contributed by atoms with Crippen molar-refractivity contribution in [3.05, 3.63) is 23.3 Å². The molecular weight excluding hydrogens is 324 g/mol. The third kappa shape index (κ3) is 1.72. The monoisotopic (exact) mass is 324 g/mol. The Morgan fingerprint density at radius 3 is 0.500 bits per heavy atom. The second kappa shape index (κ2) is 4.07. The van der Waals surface area contributed by atoms with Crippen molar-refractivity contribution in [3.63, 3.8) is 0 Å². The Hall–Kier alpha value is -1.36. The number of allylic oxidation sites excluding steroid dienone is 4. The van der Waals surface area contributed by atoms with E-state index in [0.717, 1.165) is 0 Å². The quantitative estimate of drug-likeness (QED) is 0.559. The van der Waals surface area contributed by atoms with Crippen LogP contribution in [0.2, 0.25) is 0 Å². The summed E-state index contributed by atoms with van der Waals surface area (Å²) >= 11 is 0. The maximum absolute atomic E-state index is 11.5. The molecule has 0 heterocycles. The van der Waals surface area contributed by atoms with Crippen LogP contribution in [0.25, 0.3) is 0 Å². The molecule has 0 aromatic heterocycles. The van der Waals surface area contributed by atoms with E-state index in [1.807, 2.05) is 0 Å². The first kappa shape index (κ1) is 16.7. The predicted molar refractivity (Wildman–Crippen MR) is 38.3 cm³/mol. The molecule has 0 saturated carbocycles. The molecule has 0 atom stereocenters. The third-order valence-corrected chi connectivity index (χ3v) is 2.28. The summed E-state index contributed by atoms with van der Waals surface area (Å²) < 4.78 is 138. The summed E-state index contributed by atoms with van der Waals surface area (Å²) in [6.07, 6.45) is 0. The molecule has 0 spiro atoms. The highest BCUT2D eigenvalue weighted by molar-refractivity contribution is 5.35. The fourth-order valence-electron chi connectivity index (χ4n) is 0.978. The number of halogens is 12. The lowest BCUT2D eigenvalue weighted by Gasteiger charge is -2.31. The molecule has 0 saturated heterocycles. The minimum absolute atomic E-state index is 2.67. The van der Waals surface area contributed by atoms with Crippen LogP contribution < -0.4 is 0 Å². The van der Waals surface area contributed by atoms with Crippen LogP contribution in [0.4, 0.5) is 52.7 Å². The highest BCUT2D eigenvalue weighted by atomic mass is 19.3. The molecule has 0 bridgehead atoms. The van der Waals surface area contributed by atoms with Crippen LogP contribution in [-0.4, -0.2) is 23.7 Å². The molecule has 0 N–H and O–H groups in total. The molecule has 116 valence electrons. The fourth-order valence-corrected chi connectivity index (χ4v) is 0.978. The van der Waals surface area contributed by atoms with Gasteiger partial charge in [-0.2, -0.15) is 35.1 Å². The Morgan fingerprint density at radius 1 is 0.350 bits per heavy atom. The lowest BCUT2D eigenvalue weighted by atomic mass is 9.97. The van der Waals surface area contributed by atoms with Gasteiger partial charge in [-0.25, -0.2) is 17.6 Å². The van der Waals surface area contributed by atoms with Crippen LogP contribution in [0.5, 0.6) is 0 Å². The van der Waals surface area contributed by atoms with Gasteiger partial charge in [0.25, 0.3) is 0 Å². The van der Waals surface area contributed by atoms with E-state index in [2.05, 4.69) is 0 Å². The molecule has 20 heavy (non-hydrogen) atoms. The van der Waals surface area contributed by atoms with E-state index in [1.54, 1.807) is 0 Å². The summed E-state index contributed by atoms with van der Waals surface area (Å²) in [4.78, 5) is 0. The number of rotatable bonds is 0. The summed E-state index contributed by atoms with van der Waals surface area (Å²) in [6, 6.07) is 0. The highest BCUT2D eigenvalue weighted by Gasteiger charge is 2.75. The largest absolute Gasteiger partial charge is 0.370 e. The predicted octanol–water partition coefficient (Wildman–Crippen LogP) is 4.84. The Kier molecular flexibility index (Phi) is 3.40. The number of alkyl halides is 8. The Balaban J connectivity index is 0.000000200. The van der Waals surface area contributed by atoms with Crippen LogP contribution in [0.15, 0.2) is 23.3 Å². The molecule has 0 aromatic carbocycles. The lowest BCUT2D eigenvalue weighted by Crippen LogP contribution is -2.51. The van der Waals surface area contributed by atoms with Crippen molar-refractivity contribution in [2.75, 3.05) is 0 Å². The second-order valence-electron chi connectivity index (χ2n) is 3.55. The van der Waals surface area contributed by atoms with E-state index in [9.17, 15) is 52.7 Å². The maximum atomic E-state index is 11.5. The van der Waals surface area contributed by atoms with Gasteiger partial charge in [0, 0.05) is 0 Å². The molecule has 0 unspecified atom stereocenters. The molecule has 2 aliphatic carbocycles. The molecule has 12 heteroatoms. The van der Waals surface area contributed by atoms with Crippen LogP contribution in [-0.2, 0) is 0 Å². The lowest BCUT2D eigenvalue weighted by molar-refractivity contribution is -0.217. The summed E-state index contributed by atoms with van der Waals surface area (Å²) in [5, 5.41) is 0. The van der Waals surface area contributed by atoms with Crippen molar-refractivity contribution in [2.24, 2.45) is 0 Å². The first-order valence-corrected chi connectivity index (χ1v) is 4.27. The maximum Gasteiger partial charge on any atom is 0.370 e. The zero-order valence-corrected chi connectivity index (χ0v) is 8.54. The van der Waals surface area contributed by atoms with Gasteiger partial charge in [-0.1, -0.05) is 0 Å². The minimum atomic E-state index is -4.95. The summed E-state index contributed by atoms with van der Waals surface area (Å²) in [7, 11) is 0. The zero-order valence-electron chi connectivity index (χ0n) is 8.54. The fraction of sp³-hybridized carbons (Fsp3) is 0.500. The molecule has 2 rings (SSSR count). The van der Waals surface area contributed by atoms with Crippen LogP contribution in [0.3, 0.4) is 0 Å². The standard InChI is InChI=1S/2C4F6/c2*5-1-2(6)4(9,10)3(1,7)8. The van der Waals surface area contributed by atoms with Crippen molar-refractivity contribution in [1.82, 2.24) is 0 Å². The minimum Gasteiger partial charge on any atom is -0.202 e. The van der Waals surface area contributed by atoms with Crippen molar-refractivity contribution < 1.29 is 52.7 Å². The van der Waals surface area contributed by atoms with Crippen LogP contribution in [0.1, 0.15) is 0 Å². The average molecular weight is 324 g/mol. The van der Waals surface area contributed by atoms with E-state index in [4.69, 9.17) is 0 Å². The highest BCUT2D eigenvalue weighted by Crippen LogP contribution is 2.57. The SMILES string of the molecule is FC1=C(F)C(F)(F)C1(F)F.FC1=C(F)C(F)(F)C1(F)F. The van der Waals surface area contributed by atoms with Crippen molar-refractivity contribution >= 4 is 0 Å². The van der Waals surface area contributed by atoms with Gasteiger partial charge in [0.1, 0.15) is 0 Å². The topological polar surface area (TPSA) is 0 Å². The summed E-state index contributed by atoms with van der Waals surface area (Å²) in [5.41, 5.74) is 0. The third-order valence-electron chi connectivity index (χ3n) is 2.28. The molecule has 2 aliphatic rings. The van der Waals surface area contributed by atoms with Gasteiger partial charge in [0.15, 0.2) is 0 Å². The van der Waals surface area contributed by atoms with E-state index >= 15 is 0 Å². The van der Waals surface area contributed by atoms with Gasteiger partial charge in [0.05, 0.1) is 0 Å². The first-order chi connectivity index (χ1) is 8.63. The molecule has 0 radical (unpaired) electrons. The van der Waals surface area contributed by atoms with Crippen LogP contribution in [0, 0.1) is 0 Å². The van der Waals surface area contributed by atoms with Crippen molar-refractivity contribution in [1.29, 1.82) is 0 Å². The van der Waals surface area contributed by atoms with Gasteiger partial charge < -0.3 is 0 Å². The van der Waals surface area contributed by atoms with E-state index in [1.165, 1.54) is 0 Å². The molecule has 0 aliphatic heterocycles. The van der Waals surface area contributed by atoms with Crippen molar-refractivity contribution in [2.45, 2.75) is 23.7 Å². The second-order valence-corrected chi connectivity index (χ2v) is 3.55. The summed E-state index contributed by atoms with van der Waals surface area (Å²) in [6.45, 7) is 0. The van der Waals surface area contributed by atoms with Gasteiger partial charge in [-0.15, -0.1) is 0 Å². The van der Waals surface area contributed by atoms with Gasteiger partial charge in [-0.05, 0) is 0 Å². The van der Waals surface area contributed by atoms with E-state index in [-0.39, 0.29) is 0 Å².